The average Bonchev–Trinajstić information content (AvgIpc) is 3.47. The monoisotopic (exact) mass is 497 g/mol. The van der Waals surface area contributed by atoms with Crippen LogP contribution in [0.4, 0.5) is 0 Å². The average molecular weight is 498 g/mol. The molecule has 0 bridgehead atoms. The number of hydrogen-bond acceptors (Lipinski definition) is 6. The van der Waals surface area contributed by atoms with E-state index in [0.29, 0.717) is 29.8 Å². The number of nitrogens with zero attached hydrogens (tertiary/aromatic N) is 1. The van der Waals surface area contributed by atoms with E-state index in [2.05, 4.69) is 6.92 Å². The van der Waals surface area contributed by atoms with Crippen LogP contribution >= 0.6 is 0 Å². The summed E-state index contributed by atoms with van der Waals surface area (Å²) in [5, 5.41) is 0. The first kappa shape index (κ1) is 24.2. The number of pyridine rings is 1. The van der Waals surface area contributed by atoms with Gasteiger partial charge in [0, 0.05) is 5.56 Å². The molecule has 0 aliphatic rings. The molecule has 5 aromatic rings. The van der Waals surface area contributed by atoms with Crippen LogP contribution in [0.25, 0.3) is 27.7 Å². The minimum Gasteiger partial charge on any atom is -0.495 e. The van der Waals surface area contributed by atoms with Gasteiger partial charge in [0.25, 0.3) is 0 Å². The fourth-order valence-corrected chi connectivity index (χ4v) is 4.99. The number of carbonyl (C=O) groups is 2. The van der Waals surface area contributed by atoms with Gasteiger partial charge in [0.05, 0.1) is 32.4 Å². The summed E-state index contributed by atoms with van der Waals surface area (Å²) in [6, 6.07) is 21.5. The van der Waals surface area contributed by atoms with Gasteiger partial charge >= 0.3 is 11.9 Å². The Kier molecular flexibility index (Phi) is 6.44. The highest BCUT2D eigenvalue weighted by atomic mass is 16.5. The molecule has 0 saturated carbocycles. The summed E-state index contributed by atoms with van der Waals surface area (Å²) < 4.78 is 23.7. The number of aryl methyl sites for hydroxylation is 1. The number of ether oxygens (including phenoxy) is 4. The molecule has 0 aliphatic heterocycles. The van der Waals surface area contributed by atoms with Crippen LogP contribution in [0.5, 0.6) is 11.5 Å². The summed E-state index contributed by atoms with van der Waals surface area (Å²) in [6.45, 7) is 2.52. The van der Waals surface area contributed by atoms with Gasteiger partial charge in [-0.1, -0.05) is 49.4 Å². The van der Waals surface area contributed by atoms with Crippen LogP contribution in [0.2, 0.25) is 0 Å². The van der Waals surface area contributed by atoms with Crippen molar-refractivity contribution < 1.29 is 28.5 Å². The van der Waals surface area contributed by atoms with E-state index in [1.54, 1.807) is 6.07 Å². The lowest BCUT2D eigenvalue weighted by molar-refractivity contribution is 0.0559. The van der Waals surface area contributed by atoms with Crippen molar-refractivity contribution in [3.8, 4) is 22.6 Å². The Labute approximate surface area is 214 Å². The summed E-state index contributed by atoms with van der Waals surface area (Å²) in [5.74, 6) is -0.0672. The number of aromatic nitrogens is 1. The van der Waals surface area contributed by atoms with Crippen molar-refractivity contribution in [1.82, 2.24) is 4.40 Å². The lowest BCUT2D eigenvalue weighted by Gasteiger charge is -2.10. The molecule has 0 saturated heterocycles. The maximum Gasteiger partial charge on any atom is 0.341 e. The molecule has 37 heavy (non-hydrogen) atoms. The largest absolute Gasteiger partial charge is 0.495 e. The molecule has 2 aromatic carbocycles. The molecule has 3 heterocycles. The number of carbonyl (C=O) groups excluding carboxylic acids is 2. The smallest absolute Gasteiger partial charge is 0.341 e. The molecule has 7 heteroatoms. The van der Waals surface area contributed by atoms with Gasteiger partial charge in [0.1, 0.15) is 34.7 Å². The SMILES string of the molecule is CCc1c(-c2ccc(OCc3ccccc3)cc2)c2c(C(=O)OC)c(C(=O)OC)c3c(OC)ccc1n32. The van der Waals surface area contributed by atoms with Gasteiger partial charge < -0.3 is 23.3 Å². The van der Waals surface area contributed by atoms with Crippen LogP contribution in [0.15, 0.2) is 66.7 Å². The zero-order valence-electron chi connectivity index (χ0n) is 21.2. The Morgan fingerprint density at radius 1 is 0.784 bits per heavy atom. The van der Waals surface area contributed by atoms with Gasteiger partial charge in [-0.15, -0.1) is 0 Å². The Hall–Kier alpha value is -4.52. The quantitative estimate of drug-likeness (QED) is 0.248. The second-order valence-corrected chi connectivity index (χ2v) is 8.56. The predicted octanol–water partition coefficient (Wildman–Crippen LogP) is 5.92. The Morgan fingerprint density at radius 2 is 1.43 bits per heavy atom. The van der Waals surface area contributed by atoms with Gasteiger partial charge in [0.2, 0.25) is 0 Å². The lowest BCUT2D eigenvalue weighted by Crippen LogP contribution is -2.10. The van der Waals surface area contributed by atoms with Crippen LogP contribution in [0.3, 0.4) is 0 Å². The molecule has 188 valence electrons. The highest BCUT2D eigenvalue weighted by Crippen LogP contribution is 2.44. The third-order valence-corrected chi connectivity index (χ3v) is 6.63. The van der Waals surface area contributed by atoms with Gasteiger partial charge in [-0.3, -0.25) is 0 Å². The molecule has 0 aliphatic carbocycles. The van der Waals surface area contributed by atoms with Gasteiger partial charge in [-0.25, -0.2) is 9.59 Å². The summed E-state index contributed by atoms with van der Waals surface area (Å²) in [5.41, 5.74) is 6.09. The molecule has 0 N–H and O–H groups in total. The maximum atomic E-state index is 13.1. The molecule has 0 radical (unpaired) electrons. The van der Waals surface area contributed by atoms with Crippen molar-refractivity contribution in [1.29, 1.82) is 0 Å². The van der Waals surface area contributed by atoms with E-state index in [-0.39, 0.29) is 11.1 Å². The van der Waals surface area contributed by atoms with Crippen LogP contribution in [-0.2, 0) is 22.5 Å². The fraction of sp³-hybridized carbons (Fsp3) is 0.200. The number of esters is 2. The molecular weight excluding hydrogens is 470 g/mol. The second-order valence-electron chi connectivity index (χ2n) is 8.56. The molecule has 5 rings (SSSR count). The third-order valence-electron chi connectivity index (χ3n) is 6.63. The van der Waals surface area contributed by atoms with E-state index in [0.717, 1.165) is 33.5 Å². The highest BCUT2D eigenvalue weighted by molar-refractivity contribution is 6.19. The minimum absolute atomic E-state index is 0.124. The molecule has 0 atom stereocenters. The van der Waals surface area contributed by atoms with Crippen LogP contribution in [-0.4, -0.2) is 37.7 Å². The van der Waals surface area contributed by atoms with Gasteiger partial charge in [0.15, 0.2) is 0 Å². The molecular formula is C30H27NO6. The van der Waals surface area contributed by atoms with Crippen molar-refractivity contribution in [3.05, 3.63) is 89.0 Å². The topological polar surface area (TPSA) is 75.5 Å². The zero-order chi connectivity index (χ0) is 26.1. The van der Waals surface area contributed by atoms with E-state index in [1.165, 1.54) is 21.3 Å². The molecule has 7 nitrogen and oxygen atoms in total. The summed E-state index contributed by atoms with van der Waals surface area (Å²) in [7, 11) is 4.12. The molecule has 0 fully saturated rings. The zero-order valence-corrected chi connectivity index (χ0v) is 21.2. The first-order chi connectivity index (χ1) is 18.0. The van der Waals surface area contributed by atoms with Crippen molar-refractivity contribution in [2.24, 2.45) is 0 Å². The Morgan fingerprint density at radius 3 is 2.03 bits per heavy atom. The molecule has 0 amide bonds. The van der Waals surface area contributed by atoms with Gasteiger partial charge in [-0.2, -0.15) is 0 Å². The summed E-state index contributed by atoms with van der Waals surface area (Å²) in [6.07, 6.45) is 0.707. The minimum atomic E-state index is -0.636. The van der Waals surface area contributed by atoms with Crippen LogP contribution in [0, 0.1) is 0 Å². The fourth-order valence-electron chi connectivity index (χ4n) is 4.99. The van der Waals surface area contributed by atoms with Crippen molar-refractivity contribution in [2.45, 2.75) is 20.0 Å². The number of hydrogen-bond donors (Lipinski definition) is 0. The van der Waals surface area contributed by atoms with Crippen molar-refractivity contribution >= 4 is 28.5 Å². The lowest BCUT2D eigenvalue weighted by atomic mass is 9.96. The Balaban J connectivity index is 1.72. The first-order valence-corrected chi connectivity index (χ1v) is 12.0. The van der Waals surface area contributed by atoms with Crippen molar-refractivity contribution in [3.63, 3.8) is 0 Å². The number of benzene rings is 2. The maximum absolute atomic E-state index is 13.1. The van der Waals surface area contributed by atoms with Crippen LogP contribution in [0.1, 0.15) is 38.8 Å². The van der Waals surface area contributed by atoms with E-state index in [1.807, 2.05) is 65.1 Å². The number of methoxy groups -OCH3 is 3. The second kappa shape index (κ2) is 9.85. The summed E-state index contributed by atoms with van der Waals surface area (Å²) in [4.78, 5) is 26.1. The summed E-state index contributed by atoms with van der Waals surface area (Å²) >= 11 is 0. The molecule has 0 spiro atoms. The highest BCUT2D eigenvalue weighted by Gasteiger charge is 2.34. The third kappa shape index (κ3) is 3.93. The van der Waals surface area contributed by atoms with E-state index < -0.39 is 11.9 Å². The predicted molar refractivity (Wildman–Crippen MR) is 141 cm³/mol. The number of rotatable bonds is 8. The Bertz CT molecular complexity index is 1580. The molecule has 3 aromatic heterocycles. The van der Waals surface area contributed by atoms with E-state index >= 15 is 0 Å². The molecule has 0 unspecified atom stereocenters. The standard InChI is InChI=1S/C30H27NO6/c1-5-21-22-15-16-23(34-2)27-25(29(32)35-3)26(30(33)36-4)28(31(22)27)24(21)19-11-13-20(14-12-19)37-17-18-9-7-6-8-10-18/h6-16H,5,17H2,1-4H3. The first-order valence-electron chi connectivity index (χ1n) is 12.0. The van der Waals surface area contributed by atoms with E-state index in [4.69, 9.17) is 18.9 Å². The normalized spacial score (nSPS) is 11.1. The van der Waals surface area contributed by atoms with Crippen molar-refractivity contribution in [2.75, 3.05) is 21.3 Å². The van der Waals surface area contributed by atoms with Crippen LogP contribution < -0.4 is 9.47 Å². The van der Waals surface area contributed by atoms with Gasteiger partial charge in [-0.05, 0) is 47.4 Å². The van der Waals surface area contributed by atoms with E-state index in [9.17, 15) is 9.59 Å².